The zero-order chi connectivity index (χ0) is 13.5. The summed E-state index contributed by atoms with van der Waals surface area (Å²) in [5.74, 6) is 9.85. The van der Waals surface area contributed by atoms with Crippen LogP contribution >= 0.6 is 0 Å². The van der Waals surface area contributed by atoms with Gasteiger partial charge in [0, 0.05) is 5.56 Å². The Balaban J connectivity index is 2.58. The zero-order valence-electron chi connectivity index (χ0n) is 9.97. The molecule has 1 rings (SSSR count). The van der Waals surface area contributed by atoms with Crippen LogP contribution in [-0.2, 0) is 4.79 Å². The Morgan fingerprint density at radius 3 is 2.33 bits per heavy atom. The molecule has 0 aliphatic heterocycles. The highest BCUT2D eigenvalue weighted by Crippen LogP contribution is 2.14. The van der Waals surface area contributed by atoms with Crippen LogP contribution in [0.3, 0.4) is 0 Å². The van der Waals surface area contributed by atoms with Crippen LogP contribution in [0.1, 0.15) is 23.7 Å². The molecule has 1 unspecified atom stereocenters. The van der Waals surface area contributed by atoms with Crippen LogP contribution in [0.2, 0.25) is 0 Å². The van der Waals surface area contributed by atoms with Gasteiger partial charge < -0.3 is 4.74 Å². The first-order valence-electron chi connectivity index (χ1n) is 5.34. The number of hydrazine groups is 2. The first-order valence-corrected chi connectivity index (χ1v) is 5.34. The summed E-state index contributed by atoms with van der Waals surface area (Å²) in [7, 11) is 0. The van der Waals surface area contributed by atoms with E-state index >= 15 is 0 Å². The number of ether oxygens (including phenoxy) is 1. The largest absolute Gasteiger partial charge is 0.490 e. The molecule has 0 spiro atoms. The van der Waals surface area contributed by atoms with Crippen molar-refractivity contribution < 1.29 is 14.3 Å². The van der Waals surface area contributed by atoms with Gasteiger partial charge in [-0.15, -0.1) is 0 Å². The molecule has 1 atom stereocenters. The summed E-state index contributed by atoms with van der Waals surface area (Å²) in [6.45, 7) is 1.75. The number of nitrogen functional groups attached to an aromatic ring is 1. The van der Waals surface area contributed by atoms with Crippen molar-refractivity contribution in [3.8, 4) is 5.75 Å². The highest BCUT2D eigenvalue weighted by atomic mass is 16.5. The molecule has 0 fully saturated rings. The van der Waals surface area contributed by atoms with Crippen molar-refractivity contribution in [3.63, 3.8) is 0 Å². The second-order valence-corrected chi connectivity index (χ2v) is 3.70. The van der Waals surface area contributed by atoms with E-state index in [-0.39, 0.29) is 24.3 Å². The molecule has 7 heteroatoms. The molecule has 0 saturated carbocycles. The van der Waals surface area contributed by atoms with Crippen LogP contribution in [0.5, 0.6) is 5.75 Å². The molecular weight excluding hydrogens is 236 g/mol. The van der Waals surface area contributed by atoms with E-state index < -0.39 is 0 Å². The lowest BCUT2D eigenvalue weighted by Gasteiger charge is -2.13. The van der Waals surface area contributed by atoms with E-state index in [1.165, 1.54) is 0 Å². The standard InChI is InChI=1S/C11H16N4O3/c1-7(6-10(16)14-12)18-9-4-2-8(3-5-9)11(17)15-13/h2-5,7H,6,12-13H2,1H3,(H,14,16)(H,15,17). The van der Waals surface area contributed by atoms with Crippen LogP contribution in [0.4, 0.5) is 0 Å². The van der Waals surface area contributed by atoms with Gasteiger partial charge in [0.2, 0.25) is 5.91 Å². The number of nitrogens with one attached hydrogen (secondary N) is 2. The summed E-state index contributed by atoms with van der Waals surface area (Å²) in [4.78, 5) is 22.2. The number of amides is 2. The molecule has 98 valence electrons. The molecule has 0 heterocycles. The van der Waals surface area contributed by atoms with Crippen LogP contribution < -0.4 is 27.3 Å². The third-order valence-corrected chi connectivity index (χ3v) is 2.22. The number of nitrogens with two attached hydrogens (primary N) is 2. The lowest BCUT2D eigenvalue weighted by atomic mass is 10.2. The first kappa shape index (κ1) is 13.9. The zero-order valence-corrected chi connectivity index (χ0v) is 9.97. The minimum absolute atomic E-state index is 0.154. The molecule has 0 bridgehead atoms. The summed E-state index contributed by atoms with van der Waals surface area (Å²) >= 11 is 0. The molecule has 0 aromatic heterocycles. The maximum Gasteiger partial charge on any atom is 0.265 e. The van der Waals surface area contributed by atoms with Crippen LogP contribution in [0.25, 0.3) is 0 Å². The van der Waals surface area contributed by atoms with E-state index in [2.05, 4.69) is 0 Å². The predicted molar refractivity (Wildman–Crippen MR) is 65.1 cm³/mol. The maximum atomic E-state index is 11.2. The average Bonchev–Trinajstić information content (AvgIpc) is 2.38. The maximum absolute atomic E-state index is 11.2. The number of carbonyl (C=O) groups excluding carboxylic acids is 2. The average molecular weight is 252 g/mol. The van der Waals surface area contributed by atoms with Crippen molar-refractivity contribution >= 4 is 11.8 Å². The Morgan fingerprint density at radius 1 is 1.22 bits per heavy atom. The van der Waals surface area contributed by atoms with E-state index in [0.29, 0.717) is 11.3 Å². The minimum Gasteiger partial charge on any atom is -0.490 e. The summed E-state index contributed by atoms with van der Waals surface area (Å²) in [6, 6.07) is 6.41. The van der Waals surface area contributed by atoms with E-state index in [9.17, 15) is 9.59 Å². The Bertz CT molecular complexity index is 419. The van der Waals surface area contributed by atoms with Crippen molar-refractivity contribution in [2.75, 3.05) is 0 Å². The molecule has 6 N–H and O–H groups in total. The molecule has 2 amide bonds. The van der Waals surface area contributed by atoms with Crippen molar-refractivity contribution in [1.82, 2.24) is 10.9 Å². The van der Waals surface area contributed by atoms with Gasteiger partial charge in [-0.2, -0.15) is 0 Å². The lowest BCUT2D eigenvalue weighted by Crippen LogP contribution is -2.33. The van der Waals surface area contributed by atoms with Crippen LogP contribution in [0.15, 0.2) is 24.3 Å². The molecule has 0 radical (unpaired) electrons. The van der Waals surface area contributed by atoms with Crippen LogP contribution in [-0.4, -0.2) is 17.9 Å². The van der Waals surface area contributed by atoms with E-state index in [1.807, 2.05) is 10.9 Å². The minimum atomic E-state index is -0.378. The van der Waals surface area contributed by atoms with Crippen molar-refractivity contribution in [2.24, 2.45) is 11.7 Å². The van der Waals surface area contributed by atoms with Gasteiger partial charge in [0.15, 0.2) is 0 Å². The van der Waals surface area contributed by atoms with Gasteiger partial charge in [-0.1, -0.05) is 0 Å². The van der Waals surface area contributed by atoms with Gasteiger partial charge in [0.1, 0.15) is 11.9 Å². The number of hydrogen-bond donors (Lipinski definition) is 4. The monoisotopic (exact) mass is 252 g/mol. The Hall–Kier alpha value is -2.12. The Morgan fingerprint density at radius 2 is 1.83 bits per heavy atom. The normalized spacial score (nSPS) is 11.5. The number of benzene rings is 1. The summed E-state index contributed by atoms with van der Waals surface area (Å²) in [5, 5.41) is 0. The van der Waals surface area contributed by atoms with Gasteiger partial charge in [0.25, 0.3) is 5.91 Å². The highest BCUT2D eigenvalue weighted by molar-refractivity contribution is 5.93. The fourth-order valence-corrected chi connectivity index (χ4v) is 1.36. The van der Waals surface area contributed by atoms with Crippen LogP contribution in [0, 0.1) is 0 Å². The third-order valence-electron chi connectivity index (χ3n) is 2.22. The summed E-state index contributed by atoms with van der Waals surface area (Å²) in [6.07, 6.45) is -0.163. The van der Waals surface area contributed by atoms with Gasteiger partial charge in [-0.05, 0) is 31.2 Å². The fourth-order valence-electron chi connectivity index (χ4n) is 1.36. The summed E-state index contributed by atoms with van der Waals surface area (Å²) < 4.78 is 5.48. The lowest BCUT2D eigenvalue weighted by molar-refractivity contribution is -0.122. The van der Waals surface area contributed by atoms with Gasteiger partial charge in [0.05, 0.1) is 6.42 Å². The number of hydrogen-bond acceptors (Lipinski definition) is 5. The smallest absolute Gasteiger partial charge is 0.265 e. The Kier molecular flexibility index (Phi) is 5.09. The molecule has 0 aliphatic rings. The van der Waals surface area contributed by atoms with E-state index in [4.69, 9.17) is 16.4 Å². The SMILES string of the molecule is CC(CC(=O)NN)Oc1ccc(C(=O)NN)cc1. The van der Waals surface area contributed by atoms with E-state index in [1.54, 1.807) is 31.2 Å². The highest BCUT2D eigenvalue weighted by Gasteiger charge is 2.10. The van der Waals surface area contributed by atoms with Crippen molar-refractivity contribution in [2.45, 2.75) is 19.4 Å². The Labute approximate surface area is 104 Å². The first-order chi connectivity index (χ1) is 8.56. The van der Waals surface area contributed by atoms with Crippen molar-refractivity contribution in [3.05, 3.63) is 29.8 Å². The number of rotatable bonds is 5. The summed E-state index contributed by atoms with van der Waals surface area (Å²) in [5.41, 5.74) is 4.48. The molecular formula is C11H16N4O3. The second-order valence-electron chi connectivity index (χ2n) is 3.70. The third kappa shape index (κ3) is 4.04. The second kappa shape index (κ2) is 6.58. The molecule has 18 heavy (non-hydrogen) atoms. The fraction of sp³-hybridized carbons (Fsp3) is 0.273. The molecule has 1 aromatic rings. The van der Waals surface area contributed by atoms with Crippen molar-refractivity contribution in [1.29, 1.82) is 0 Å². The molecule has 0 aliphatic carbocycles. The van der Waals surface area contributed by atoms with Gasteiger partial charge in [-0.3, -0.25) is 20.4 Å². The molecule has 1 aromatic carbocycles. The molecule has 7 nitrogen and oxygen atoms in total. The van der Waals surface area contributed by atoms with Gasteiger partial charge in [-0.25, -0.2) is 11.7 Å². The molecule has 0 saturated heterocycles. The quantitative estimate of drug-likeness (QED) is 0.318. The predicted octanol–water partition coefficient (Wildman–Crippen LogP) is -0.563. The topological polar surface area (TPSA) is 119 Å². The number of carbonyl (C=O) groups is 2. The van der Waals surface area contributed by atoms with E-state index in [0.717, 1.165) is 0 Å². The van der Waals surface area contributed by atoms with Gasteiger partial charge >= 0.3 is 0 Å².